The zero-order valence-corrected chi connectivity index (χ0v) is 25.1. The van der Waals surface area contributed by atoms with Crippen molar-refractivity contribution in [2.24, 2.45) is 0 Å². The Kier molecular flexibility index (Phi) is 8.07. The van der Waals surface area contributed by atoms with E-state index in [-0.39, 0.29) is 25.1 Å². The van der Waals surface area contributed by atoms with Crippen molar-refractivity contribution in [3.05, 3.63) is 113 Å². The molecule has 3 aromatic carbocycles. The Bertz CT molecular complexity index is 1520. The zero-order valence-electron chi connectivity index (χ0n) is 23.2. The molecule has 0 saturated heterocycles. The topological polar surface area (TPSA) is 82.1 Å². The third kappa shape index (κ3) is 6.43. The van der Waals surface area contributed by atoms with Gasteiger partial charge in [-0.1, -0.05) is 92.5 Å². The summed E-state index contributed by atoms with van der Waals surface area (Å²) in [5.74, 6) is 0.146. The van der Waals surface area contributed by atoms with Gasteiger partial charge in [0.15, 0.2) is 0 Å². The molecule has 0 bridgehead atoms. The van der Waals surface area contributed by atoms with Crippen molar-refractivity contribution >= 4 is 30.0 Å². The van der Waals surface area contributed by atoms with Crippen LogP contribution in [0.25, 0.3) is 6.08 Å². The molecule has 1 unspecified atom stereocenters. The van der Waals surface area contributed by atoms with Gasteiger partial charge in [0.25, 0.3) is 0 Å². The maximum atomic E-state index is 13.5. The van der Waals surface area contributed by atoms with E-state index in [4.69, 9.17) is 4.74 Å². The fourth-order valence-corrected chi connectivity index (χ4v) is 7.33. The van der Waals surface area contributed by atoms with Crippen molar-refractivity contribution in [3.63, 3.8) is 0 Å². The summed E-state index contributed by atoms with van der Waals surface area (Å²) in [6.45, 7) is 7.89. The van der Waals surface area contributed by atoms with Gasteiger partial charge in [0.2, 0.25) is 5.88 Å². The first-order valence-corrected chi connectivity index (χ1v) is 18.7. The van der Waals surface area contributed by atoms with Crippen molar-refractivity contribution < 1.29 is 18.3 Å². The Morgan fingerprint density at radius 2 is 1.75 bits per heavy atom. The Morgan fingerprint density at radius 3 is 2.50 bits per heavy atom. The molecule has 2 aliphatic heterocycles. The molecule has 1 atom stereocenters. The van der Waals surface area contributed by atoms with Gasteiger partial charge in [-0.25, -0.2) is 8.61 Å². The number of ether oxygens (including phenoxy) is 1. The number of nitrogens with zero attached hydrogens (tertiary/aromatic N) is 2. The minimum absolute atomic E-state index is 0.196. The van der Waals surface area contributed by atoms with E-state index in [0.29, 0.717) is 11.4 Å². The SMILES string of the molecule is C[Si](C)(C)CCN1C(O)=CN(c2ccc(C=CC3Cc4ccccc4CN3)cc2OCc2ccccc2)S1(=O)=O. The summed E-state index contributed by atoms with van der Waals surface area (Å²) in [7, 11) is -5.52. The van der Waals surface area contributed by atoms with Gasteiger partial charge in [-0.15, -0.1) is 0 Å². The average molecular weight is 576 g/mol. The quantitative estimate of drug-likeness (QED) is 0.303. The first-order valence-electron chi connectivity index (χ1n) is 13.6. The van der Waals surface area contributed by atoms with Crippen molar-refractivity contribution in [1.29, 1.82) is 0 Å². The van der Waals surface area contributed by atoms with E-state index in [1.165, 1.54) is 17.3 Å². The predicted octanol–water partition coefficient (Wildman–Crippen LogP) is 6.06. The van der Waals surface area contributed by atoms with Gasteiger partial charge in [0.05, 0.1) is 6.20 Å². The van der Waals surface area contributed by atoms with E-state index in [9.17, 15) is 13.5 Å². The first-order chi connectivity index (χ1) is 19.1. The number of fused-ring (bicyclic) bond motifs is 1. The maximum absolute atomic E-state index is 13.5. The molecule has 40 heavy (non-hydrogen) atoms. The van der Waals surface area contributed by atoms with Crippen LogP contribution in [0.2, 0.25) is 25.7 Å². The number of anilines is 1. The molecule has 2 aliphatic rings. The molecule has 0 fully saturated rings. The number of benzene rings is 3. The lowest BCUT2D eigenvalue weighted by Gasteiger charge is -2.25. The Morgan fingerprint density at radius 1 is 1.02 bits per heavy atom. The molecule has 2 N–H and O–H groups in total. The molecule has 2 heterocycles. The van der Waals surface area contributed by atoms with Crippen LogP contribution < -0.4 is 14.4 Å². The van der Waals surface area contributed by atoms with Gasteiger partial charge >= 0.3 is 10.2 Å². The summed E-state index contributed by atoms with van der Waals surface area (Å²) in [6.07, 6.45) is 6.35. The van der Waals surface area contributed by atoms with Crippen molar-refractivity contribution in [2.75, 3.05) is 10.8 Å². The van der Waals surface area contributed by atoms with Gasteiger partial charge in [-0.05, 0) is 46.9 Å². The molecule has 0 saturated carbocycles. The predicted molar refractivity (Wildman–Crippen MR) is 164 cm³/mol. The standard InChI is InChI=1S/C31H37N3O4SSi/c1-40(2,3)18-17-33-31(35)22-34(39(33,36)37)29-16-14-24(19-30(29)38-23-25-9-5-4-6-10-25)13-15-28-20-26-11-7-8-12-27(26)21-32-28/h4-16,19,22,28,32,35H,17-18,20-21,23H2,1-3H3. The van der Waals surface area contributed by atoms with Crippen LogP contribution in [0.3, 0.4) is 0 Å². The molecule has 7 nitrogen and oxygen atoms in total. The molecule has 9 heteroatoms. The van der Waals surface area contributed by atoms with Crippen LogP contribution in [0, 0.1) is 0 Å². The molecule has 0 amide bonds. The molecular formula is C31H37N3O4SSi. The van der Waals surface area contributed by atoms with Crippen LogP contribution in [-0.2, 0) is 29.8 Å². The number of hydrogen-bond acceptors (Lipinski definition) is 5. The highest BCUT2D eigenvalue weighted by Gasteiger charge is 2.39. The van der Waals surface area contributed by atoms with Gasteiger partial charge in [-0.2, -0.15) is 8.42 Å². The highest BCUT2D eigenvalue weighted by atomic mass is 32.2. The summed E-state index contributed by atoms with van der Waals surface area (Å²) in [5.41, 5.74) is 4.91. The van der Waals surface area contributed by atoms with Crippen LogP contribution in [0.5, 0.6) is 5.75 Å². The molecule has 0 spiro atoms. The van der Waals surface area contributed by atoms with E-state index in [2.05, 4.69) is 55.3 Å². The molecular weight excluding hydrogens is 539 g/mol. The second-order valence-corrected chi connectivity index (χ2v) is 18.8. The number of nitrogens with one attached hydrogen (secondary N) is 1. The minimum Gasteiger partial charge on any atom is -0.493 e. The number of aliphatic hydroxyl groups excluding tert-OH is 1. The lowest BCUT2D eigenvalue weighted by atomic mass is 9.95. The first kappa shape index (κ1) is 28.0. The summed E-state index contributed by atoms with van der Waals surface area (Å²) >= 11 is 0. The van der Waals surface area contributed by atoms with Crippen molar-refractivity contribution in [1.82, 2.24) is 9.62 Å². The fraction of sp³-hybridized carbons (Fsp3) is 0.290. The summed E-state index contributed by atoms with van der Waals surface area (Å²) < 4.78 is 35.5. The van der Waals surface area contributed by atoms with E-state index in [0.717, 1.165) is 38.7 Å². The highest BCUT2D eigenvalue weighted by Crippen LogP contribution is 2.38. The molecule has 5 rings (SSSR count). The van der Waals surface area contributed by atoms with E-state index >= 15 is 0 Å². The average Bonchev–Trinajstić information content (AvgIpc) is 3.16. The number of hydrogen-bond donors (Lipinski definition) is 2. The number of aliphatic hydroxyl groups is 1. The summed E-state index contributed by atoms with van der Waals surface area (Å²) in [4.78, 5) is 0. The van der Waals surface area contributed by atoms with Crippen LogP contribution in [0.15, 0.2) is 91.0 Å². The fourth-order valence-electron chi connectivity index (χ4n) is 4.83. The largest absolute Gasteiger partial charge is 0.493 e. The smallest absolute Gasteiger partial charge is 0.332 e. The van der Waals surface area contributed by atoms with Crippen LogP contribution >= 0.6 is 0 Å². The summed E-state index contributed by atoms with van der Waals surface area (Å²) in [5, 5.41) is 14.2. The van der Waals surface area contributed by atoms with Crippen LogP contribution in [0.1, 0.15) is 22.3 Å². The van der Waals surface area contributed by atoms with Gasteiger partial charge in [0.1, 0.15) is 18.0 Å². The highest BCUT2D eigenvalue weighted by molar-refractivity contribution is 7.91. The van der Waals surface area contributed by atoms with Crippen molar-refractivity contribution in [3.8, 4) is 5.75 Å². The normalized spacial score (nSPS) is 18.6. The molecule has 0 radical (unpaired) electrons. The lowest BCUT2D eigenvalue weighted by molar-refractivity contribution is 0.294. The van der Waals surface area contributed by atoms with E-state index in [1.54, 1.807) is 6.07 Å². The number of rotatable bonds is 9. The molecule has 0 aromatic heterocycles. The third-order valence-corrected chi connectivity index (χ3v) is 10.6. The second-order valence-electron chi connectivity index (χ2n) is 11.5. The van der Waals surface area contributed by atoms with Gasteiger partial charge in [-0.3, -0.25) is 0 Å². The monoisotopic (exact) mass is 575 g/mol. The van der Waals surface area contributed by atoms with Crippen LogP contribution in [-0.4, -0.2) is 38.5 Å². The summed E-state index contributed by atoms with van der Waals surface area (Å²) in [6, 6.07) is 24.6. The van der Waals surface area contributed by atoms with Crippen molar-refractivity contribution in [2.45, 2.75) is 51.3 Å². The minimum atomic E-state index is -3.99. The van der Waals surface area contributed by atoms with E-state index in [1.807, 2.05) is 48.5 Å². The Labute approximate surface area is 238 Å². The van der Waals surface area contributed by atoms with Gasteiger partial charge < -0.3 is 15.2 Å². The lowest BCUT2D eigenvalue weighted by Crippen LogP contribution is -2.37. The van der Waals surface area contributed by atoms with Crippen LogP contribution in [0.4, 0.5) is 5.69 Å². The second kappa shape index (κ2) is 11.5. The maximum Gasteiger partial charge on any atom is 0.332 e. The molecule has 3 aromatic rings. The molecule has 210 valence electrons. The zero-order chi connectivity index (χ0) is 28.3. The Hall–Kier alpha value is -3.53. The van der Waals surface area contributed by atoms with E-state index < -0.39 is 18.3 Å². The third-order valence-electron chi connectivity index (χ3n) is 7.17. The van der Waals surface area contributed by atoms with Gasteiger partial charge in [0, 0.05) is 27.2 Å². The Balaban J connectivity index is 1.41. The molecule has 0 aliphatic carbocycles.